The third-order valence-electron chi connectivity index (χ3n) is 4.29. The first kappa shape index (κ1) is 14.2. The zero-order chi connectivity index (χ0) is 15.8. The standard InChI is InChI=1S/C16H17N5OS/c1-12-15-17-9-14(10-19-5-2-4-18-19)21(15)7-6-20(12)16(22)13-3-8-23-11-13/h2-5,8-9,11-12H,6-7,10H2,1H3/t12-/m1/s1. The maximum Gasteiger partial charge on any atom is 0.255 e. The van der Waals surface area contributed by atoms with Gasteiger partial charge in [0.05, 0.1) is 30.0 Å². The first-order valence-electron chi connectivity index (χ1n) is 7.59. The second-order valence-electron chi connectivity index (χ2n) is 5.65. The molecule has 0 N–H and O–H groups in total. The van der Waals surface area contributed by atoms with Crippen LogP contribution in [0.1, 0.15) is 34.8 Å². The Morgan fingerprint density at radius 2 is 2.35 bits per heavy atom. The third kappa shape index (κ3) is 2.46. The predicted molar refractivity (Wildman–Crippen MR) is 87.3 cm³/mol. The minimum absolute atomic E-state index is 0.0254. The summed E-state index contributed by atoms with van der Waals surface area (Å²) in [4.78, 5) is 19.1. The van der Waals surface area contributed by atoms with Crippen LogP contribution in [-0.4, -0.2) is 36.7 Å². The van der Waals surface area contributed by atoms with Crippen molar-refractivity contribution in [3.05, 3.63) is 58.6 Å². The van der Waals surface area contributed by atoms with Gasteiger partial charge >= 0.3 is 0 Å². The average Bonchev–Trinajstić information content (AvgIpc) is 3.30. The van der Waals surface area contributed by atoms with Gasteiger partial charge in [-0.05, 0) is 24.4 Å². The van der Waals surface area contributed by atoms with E-state index in [9.17, 15) is 4.79 Å². The second kappa shape index (κ2) is 5.66. The predicted octanol–water partition coefficient (Wildman–Crippen LogP) is 2.41. The number of carbonyl (C=O) groups is 1. The van der Waals surface area contributed by atoms with Crippen molar-refractivity contribution in [2.45, 2.75) is 26.1 Å². The van der Waals surface area contributed by atoms with Gasteiger partial charge < -0.3 is 9.47 Å². The first-order valence-corrected chi connectivity index (χ1v) is 8.53. The van der Waals surface area contributed by atoms with Crippen molar-refractivity contribution >= 4 is 17.2 Å². The molecule has 118 valence electrons. The van der Waals surface area contributed by atoms with Crippen LogP contribution < -0.4 is 0 Å². The zero-order valence-electron chi connectivity index (χ0n) is 12.8. The molecule has 0 aromatic carbocycles. The molecule has 23 heavy (non-hydrogen) atoms. The van der Waals surface area contributed by atoms with Crippen molar-refractivity contribution in [1.29, 1.82) is 0 Å². The summed E-state index contributed by atoms with van der Waals surface area (Å²) in [6.45, 7) is 4.21. The van der Waals surface area contributed by atoms with Crippen molar-refractivity contribution in [1.82, 2.24) is 24.2 Å². The highest BCUT2D eigenvalue weighted by Gasteiger charge is 2.30. The second-order valence-corrected chi connectivity index (χ2v) is 6.43. The Hall–Kier alpha value is -2.41. The van der Waals surface area contributed by atoms with Crippen LogP contribution in [0, 0.1) is 0 Å². The van der Waals surface area contributed by atoms with E-state index in [1.54, 1.807) is 17.5 Å². The molecular weight excluding hydrogens is 310 g/mol. The van der Waals surface area contributed by atoms with Crippen molar-refractivity contribution in [3.8, 4) is 0 Å². The highest BCUT2D eigenvalue weighted by atomic mass is 32.1. The minimum Gasteiger partial charge on any atom is -0.327 e. The van der Waals surface area contributed by atoms with Crippen LogP contribution >= 0.6 is 11.3 Å². The molecular formula is C16H17N5OS. The fourth-order valence-corrected chi connectivity index (χ4v) is 3.70. The van der Waals surface area contributed by atoms with E-state index in [1.165, 1.54) is 0 Å². The molecule has 0 fully saturated rings. The Kier molecular flexibility index (Phi) is 3.49. The van der Waals surface area contributed by atoms with Gasteiger partial charge in [0.25, 0.3) is 5.91 Å². The van der Waals surface area contributed by atoms with E-state index in [-0.39, 0.29) is 11.9 Å². The van der Waals surface area contributed by atoms with E-state index in [1.807, 2.05) is 51.8 Å². The first-order chi connectivity index (χ1) is 11.2. The van der Waals surface area contributed by atoms with Crippen molar-refractivity contribution in [2.75, 3.05) is 6.54 Å². The van der Waals surface area contributed by atoms with Crippen molar-refractivity contribution in [2.24, 2.45) is 0 Å². The highest BCUT2D eigenvalue weighted by molar-refractivity contribution is 7.08. The number of carbonyl (C=O) groups excluding carboxylic acids is 1. The number of amides is 1. The molecule has 0 unspecified atom stereocenters. The number of fused-ring (bicyclic) bond motifs is 1. The summed E-state index contributed by atoms with van der Waals surface area (Å²) in [6.07, 6.45) is 5.61. The summed E-state index contributed by atoms with van der Waals surface area (Å²) in [5.74, 6) is 1.03. The molecule has 4 rings (SSSR count). The van der Waals surface area contributed by atoms with Crippen LogP contribution in [0.2, 0.25) is 0 Å². The number of rotatable bonds is 3. The molecule has 1 amide bonds. The Morgan fingerprint density at radius 1 is 1.43 bits per heavy atom. The number of hydrogen-bond acceptors (Lipinski definition) is 4. The summed E-state index contributed by atoms with van der Waals surface area (Å²) in [7, 11) is 0. The van der Waals surface area contributed by atoms with E-state index in [0.29, 0.717) is 13.1 Å². The summed E-state index contributed by atoms with van der Waals surface area (Å²) < 4.78 is 4.10. The number of hydrogen-bond donors (Lipinski definition) is 0. The van der Waals surface area contributed by atoms with Gasteiger partial charge in [0.1, 0.15) is 5.82 Å². The maximum absolute atomic E-state index is 12.6. The van der Waals surface area contributed by atoms with Crippen molar-refractivity contribution < 1.29 is 4.79 Å². The van der Waals surface area contributed by atoms with Crippen LogP contribution in [-0.2, 0) is 13.1 Å². The van der Waals surface area contributed by atoms with E-state index in [2.05, 4.69) is 14.6 Å². The lowest BCUT2D eigenvalue weighted by molar-refractivity contribution is 0.0636. The van der Waals surface area contributed by atoms with E-state index < -0.39 is 0 Å². The number of nitrogens with zero attached hydrogens (tertiary/aromatic N) is 5. The fraction of sp³-hybridized carbons (Fsp3) is 0.312. The van der Waals surface area contributed by atoms with Gasteiger partial charge in [-0.2, -0.15) is 16.4 Å². The van der Waals surface area contributed by atoms with Crippen LogP contribution in [0.4, 0.5) is 0 Å². The summed E-state index contributed by atoms with van der Waals surface area (Å²) in [6, 6.07) is 3.77. The van der Waals surface area contributed by atoms with Crippen LogP contribution in [0.5, 0.6) is 0 Å². The molecule has 0 aliphatic carbocycles. The van der Waals surface area contributed by atoms with Gasteiger partial charge in [-0.15, -0.1) is 0 Å². The Morgan fingerprint density at radius 3 is 3.09 bits per heavy atom. The van der Waals surface area contributed by atoms with E-state index in [0.717, 1.165) is 23.6 Å². The van der Waals surface area contributed by atoms with Crippen molar-refractivity contribution in [3.63, 3.8) is 0 Å². The summed E-state index contributed by atoms with van der Waals surface area (Å²) in [5.41, 5.74) is 1.89. The molecule has 3 aromatic rings. The quantitative estimate of drug-likeness (QED) is 0.742. The Bertz CT molecular complexity index is 806. The lowest BCUT2D eigenvalue weighted by Gasteiger charge is -2.34. The number of aromatic nitrogens is 4. The van der Waals surface area contributed by atoms with E-state index in [4.69, 9.17) is 0 Å². The number of imidazole rings is 1. The molecule has 0 radical (unpaired) electrons. The highest BCUT2D eigenvalue weighted by Crippen LogP contribution is 2.27. The van der Waals surface area contributed by atoms with E-state index >= 15 is 0 Å². The molecule has 4 heterocycles. The van der Waals surface area contributed by atoms with Gasteiger partial charge in [-0.1, -0.05) is 0 Å². The molecule has 0 saturated carbocycles. The normalized spacial score (nSPS) is 17.3. The lowest BCUT2D eigenvalue weighted by atomic mass is 10.1. The van der Waals surface area contributed by atoms with Gasteiger partial charge in [0.15, 0.2) is 0 Å². The molecule has 1 aliphatic heterocycles. The van der Waals surface area contributed by atoms with Gasteiger partial charge in [0, 0.05) is 30.9 Å². The Labute approximate surface area is 138 Å². The zero-order valence-corrected chi connectivity index (χ0v) is 13.6. The average molecular weight is 327 g/mol. The molecule has 6 nitrogen and oxygen atoms in total. The van der Waals surface area contributed by atoms with Crippen LogP contribution in [0.15, 0.2) is 41.5 Å². The molecule has 7 heteroatoms. The fourth-order valence-electron chi connectivity index (χ4n) is 3.08. The Balaban J connectivity index is 1.59. The molecule has 1 aliphatic rings. The van der Waals surface area contributed by atoms with Crippen LogP contribution in [0.3, 0.4) is 0 Å². The molecule has 1 atom stereocenters. The monoisotopic (exact) mass is 327 g/mol. The smallest absolute Gasteiger partial charge is 0.255 e. The molecule has 0 bridgehead atoms. The molecule has 3 aromatic heterocycles. The SMILES string of the molecule is C[C@@H]1c2ncc(Cn3cccn3)n2CCN1C(=O)c1ccsc1. The summed E-state index contributed by atoms with van der Waals surface area (Å²) in [5, 5.41) is 8.09. The third-order valence-corrected chi connectivity index (χ3v) is 4.97. The van der Waals surface area contributed by atoms with Gasteiger partial charge in [-0.25, -0.2) is 4.98 Å². The molecule has 0 saturated heterocycles. The van der Waals surface area contributed by atoms with Gasteiger partial charge in [-0.3, -0.25) is 9.48 Å². The topological polar surface area (TPSA) is 56.0 Å². The maximum atomic E-state index is 12.6. The van der Waals surface area contributed by atoms with Crippen LogP contribution in [0.25, 0.3) is 0 Å². The minimum atomic E-state index is -0.0254. The number of thiophene rings is 1. The lowest BCUT2D eigenvalue weighted by Crippen LogP contribution is -2.41. The molecule has 0 spiro atoms. The largest absolute Gasteiger partial charge is 0.327 e. The summed E-state index contributed by atoms with van der Waals surface area (Å²) >= 11 is 1.55. The van der Waals surface area contributed by atoms with Gasteiger partial charge in [0.2, 0.25) is 0 Å².